The van der Waals surface area contributed by atoms with Crippen molar-refractivity contribution in [1.82, 2.24) is 10.6 Å². The van der Waals surface area contributed by atoms with Crippen LogP contribution in [0.5, 0.6) is 0 Å². The third kappa shape index (κ3) is 5.58. The smallest absolute Gasteiger partial charge is 0.267 e. The second kappa shape index (κ2) is 9.73. The van der Waals surface area contributed by atoms with Crippen molar-refractivity contribution >= 4 is 41.1 Å². The molecule has 2 N–H and O–H groups in total. The van der Waals surface area contributed by atoms with Crippen LogP contribution in [0.25, 0.3) is 6.08 Å². The zero-order valence-electron chi connectivity index (χ0n) is 15.1. The first-order chi connectivity index (χ1) is 13.5. The van der Waals surface area contributed by atoms with E-state index in [1.54, 1.807) is 12.1 Å². The van der Waals surface area contributed by atoms with Gasteiger partial charge in [-0.3, -0.25) is 9.59 Å². The molecule has 1 heterocycles. The van der Waals surface area contributed by atoms with Crippen LogP contribution in [-0.2, 0) is 9.53 Å². The van der Waals surface area contributed by atoms with Crippen LogP contribution in [-0.4, -0.2) is 31.1 Å². The van der Waals surface area contributed by atoms with Gasteiger partial charge < -0.3 is 15.4 Å². The SMILES string of the molecule is O=C(NCC1CCCO1)/C(=C/c1ccccc1)NC(=O)c1ccc(Cl)cc1Cl. The van der Waals surface area contributed by atoms with Crippen LogP contribution in [0.2, 0.25) is 10.0 Å². The van der Waals surface area contributed by atoms with Crippen molar-refractivity contribution in [2.75, 3.05) is 13.2 Å². The zero-order valence-corrected chi connectivity index (χ0v) is 16.6. The molecule has 1 aliphatic heterocycles. The van der Waals surface area contributed by atoms with E-state index in [9.17, 15) is 9.59 Å². The van der Waals surface area contributed by atoms with Crippen molar-refractivity contribution in [3.63, 3.8) is 0 Å². The van der Waals surface area contributed by atoms with Gasteiger partial charge in [-0.25, -0.2) is 0 Å². The fourth-order valence-electron chi connectivity index (χ4n) is 2.84. The average molecular weight is 419 g/mol. The van der Waals surface area contributed by atoms with Crippen molar-refractivity contribution < 1.29 is 14.3 Å². The predicted molar refractivity (Wildman–Crippen MR) is 110 cm³/mol. The molecule has 28 heavy (non-hydrogen) atoms. The Balaban J connectivity index is 1.78. The van der Waals surface area contributed by atoms with E-state index in [1.165, 1.54) is 12.1 Å². The van der Waals surface area contributed by atoms with Crippen molar-refractivity contribution in [2.45, 2.75) is 18.9 Å². The number of nitrogens with one attached hydrogen (secondary N) is 2. The molecule has 0 radical (unpaired) electrons. The first-order valence-electron chi connectivity index (χ1n) is 8.96. The molecular formula is C21H20Cl2N2O3. The van der Waals surface area contributed by atoms with Gasteiger partial charge in [-0.1, -0.05) is 53.5 Å². The molecule has 0 bridgehead atoms. The number of amides is 2. The molecule has 3 rings (SSSR count). The molecule has 1 saturated heterocycles. The van der Waals surface area contributed by atoms with E-state index in [-0.39, 0.29) is 22.4 Å². The molecule has 1 atom stereocenters. The van der Waals surface area contributed by atoms with E-state index in [0.29, 0.717) is 18.2 Å². The Labute approximate surface area is 173 Å². The van der Waals surface area contributed by atoms with Crippen LogP contribution in [0.3, 0.4) is 0 Å². The fourth-order valence-corrected chi connectivity index (χ4v) is 3.34. The summed E-state index contributed by atoms with van der Waals surface area (Å²) in [6.07, 6.45) is 3.51. The largest absolute Gasteiger partial charge is 0.376 e. The maximum atomic E-state index is 12.7. The molecule has 5 nitrogen and oxygen atoms in total. The summed E-state index contributed by atoms with van der Waals surface area (Å²) in [7, 11) is 0. The Morgan fingerprint density at radius 2 is 1.93 bits per heavy atom. The monoisotopic (exact) mass is 418 g/mol. The van der Waals surface area contributed by atoms with Gasteiger partial charge >= 0.3 is 0 Å². The number of carbonyl (C=O) groups excluding carboxylic acids is 2. The fraction of sp³-hybridized carbons (Fsp3) is 0.238. The molecule has 1 unspecified atom stereocenters. The van der Waals surface area contributed by atoms with Crippen molar-refractivity contribution in [1.29, 1.82) is 0 Å². The van der Waals surface area contributed by atoms with Crippen LogP contribution in [0.15, 0.2) is 54.2 Å². The van der Waals surface area contributed by atoms with E-state index >= 15 is 0 Å². The highest BCUT2D eigenvalue weighted by Crippen LogP contribution is 2.21. The summed E-state index contributed by atoms with van der Waals surface area (Å²) in [5, 5.41) is 6.12. The van der Waals surface area contributed by atoms with Gasteiger partial charge in [-0.2, -0.15) is 0 Å². The number of carbonyl (C=O) groups is 2. The van der Waals surface area contributed by atoms with Crippen molar-refractivity contribution in [2.24, 2.45) is 0 Å². The standard InChI is InChI=1S/C21H20Cl2N2O3/c22-15-8-9-17(18(23)12-15)20(26)25-19(11-14-5-2-1-3-6-14)21(27)24-13-16-7-4-10-28-16/h1-3,5-6,8-9,11-12,16H,4,7,10,13H2,(H,24,27)(H,25,26)/b19-11-. The normalized spacial score (nSPS) is 16.6. The minimum atomic E-state index is -0.490. The molecule has 146 valence electrons. The van der Waals surface area contributed by atoms with E-state index in [4.69, 9.17) is 27.9 Å². The van der Waals surface area contributed by atoms with E-state index < -0.39 is 11.8 Å². The van der Waals surface area contributed by atoms with Crippen LogP contribution >= 0.6 is 23.2 Å². The molecule has 0 aliphatic carbocycles. The lowest BCUT2D eigenvalue weighted by atomic mass is 10.1. The van der Waals surface area contributed by atoms with E-state index in [2.05, 4.69) is 10.6 Å². The number of hydrogen-bond donors (Lipinski definition) is 2. The highest BCUT2D eigenvalue weighted by molar-refractivity contribution is 6.36. The number of halogens is 2. The van der Waals surface area contributed by atoms with Crippen molar-refractivity contribution in [3.8, 4) is 0 Å². The van der Waals surface area contributed by atoms with Crippen LogP contribution in [0.1, 0.15) is 28.8 Å². The Morgan fingerprint density at radius 3 is 2.61 bits per heavy atom. The Hall–Kier alpha value is -2.34. The lowest BCUT2D eigenvalue weighted by molar-refractivity contribution is -0.118. The molecule has 2 aromatic rings. The Morgan fingerprint density at radius 1 is 1.14 bits per heavy atom. The molecule has 1 fully saturated rings. The second-order valence-electron chi connectivity index (χ2n) is 6.39. The van der Waals surface area contributed by atoms with Crippen LogP contribution in [0.4, 0.5) is 0 Å². The van der Waals surface area contributed by atoms with Gasteiger partial charge in [0.1, 0.15) is 5.70 Å². The topological polar surface area (TPSA) is 67.4 Å². The molecule has 7 heteroatoms. The lowest BCUT2D eigenvalue weighted by Crippen LogP contribution is -2.38. The summed E-state index contributed by atoms with van der Waals surface area (Å²) in [4.78, 5) is 25.4. The highest BCUT2D eigenvalue weighted by atomic mass is 35.5. The predicted octanol–water partition coefficient (Wildman–Crippen LogP) is 4.06. The van der Waals surface area contributed by atoms with Gasteiger partial charge in [0.25, 0.3) is 11.8 Å². The van der Waals surface area contributed by atoms with Gasteiger partial charge in [0.15, 0.2) is 0 Å². The van der Waals surface area contributed by atoms with Gasteiger partial charge in [0, 0.05) is 18.2 Å². The Kier molecular flexibility index (Phi) is 7.09. The quantitative estimate of drug-likeness (QED) is 0.694. The number of benzene rings is 2. The van der Waals surface area contributed by atoms with Gasteiger partial charge in [0.05, 0.1) is 16.7 Å². The first-order valence-corrected chi connectivity index (χ1v) is 9.71. The minimum Gasteiger partial charge on any atom is -0.376 e. The summed E-state index contributed by atoms with van der Waals surface area (Å²) in [5.41, 5.74) is 1.14. The number of rotatable bonds is 6. The van der Waals surface area contributed by atoms with Gasteiger partial charge in [-0.15, -0.1) is 0 Å². The molecule has 0 saturated carbocycles. The molecular weight excluding hydrogens is 399 g/mol. The molecule has 2 aromatic carbocycles. The number of ether oxygens (including phenoxy) is 1. The maximum absolute atomic E-state index is 12.7. The summed E-state index contributed by atoms with van der Waals surface area (Å²) in [6, 6.07) is 13.8. The van der Waals surface area contributed by atoms with E-state index in [0.717, 1.165) is 18.4 Å². The van der Waals surface area contributed by atoms with Crippen LogP contribution in [0, 0.1) is 0 Å². The van der Waals surface area contributed by atoms with Crippen LogP contribution < -0.4 is 10.6 Å². The second-order valence-corrected chi connectivity index (χ2v) is 7.24. The summed E-state index contributed by atoms with van der Waals surface area (Å²) in [5.74, 6) is -0.881. The first kappa shape index (κ1) is 20.4. The average Bonchev–Trinajstić information content (AvgIpc) is 3.20. The maximum Gasteiger partial charge on any atom is 0.267 e. The molecule has 2 amide bonds. The van der Waals surface area contributed by atoms with Gasteiger partial charge in [-0.05, 0) is 42.7 Å². The minimum absolute atomic E-state index is 0.00309. The summed E-state index contributed by atoms with van der Waals surface area (Å²) >= 11 is 12.0. The Bertz CT molecular complexity index is 878. The highest BCUT2D eigenvalue weighted by Gasteiger charge is 2.20. The molecule has 0 spiro atoms. The molecule has 0 aromatic heterocycles. The van der Waals surface area contributed by atoms with E-state index in [1.807, 2.05) is 30.3 Å². The molecule has 1 aliphatic rings. The summed E-state index contributed by atoms with van der Waals surface area (Å²) in [6.45, 7) is 1.10. The number of hydrogen-bond acceptors (Lipinski definition) is 3. The lowest BCUT2D eigenvalue weighted by Gasteiger charge is -2.14. The third-order valence-corrected chi connectivity index (χ3v) is 4.84. The van der Waals surface area contributed by atoms with Crippen molar-refractivity contribution in [3.05, 3.63) is 75.4 Å². The zero-order chi connectivity index (χ0) is 19.9. The van der Waals surface area contributed by atoms with Gasteiger partial charge in [0.2, 0.25) is 0 Å². The third-order valence-electron chi connectivity index (χ3n) is 4.29. The summed E-state index contributed by atoms with van der Waals surface area (Å²) < 4.78 is 5.53.